The first-order valence-electron chi connectivity index (χ1n) is 8.61. The lowest BCUT2D eigenvalue weighted by Crippen LogP contribution is -2.48. The van der Waals surface area contributed by atoms with Crippen molar-refractivity contribution in [1.29, 1.82) is 0 Å². The van der Waals surface area contributed by atoms with Gasteiger partial charge in [-0.15, -0.1) is 0 Å². The third-order valence-electron chi connectivity index (χ3n) is 4.24. The first-order chi connectivity index (χ1) is 10.9. The predicted octanol–water partition coefficient (Wildman–Crippen LogP) is 3.06. The quantitative estimate of drug-likeness (QED) is 0.492. The minimum atomic E-state index is -0.885. The molecule has 23 heavy (non-hydrogen) atoms. The van der Waals surface area contributed by atoms with E-state index in [0.29, 0.717) is 25.4 Å². The summed E-state index contributed by atoms with van der Waals surface area (Å²) in [6, 6.07) is -0.505. The standard InChI is InChI=1S/C17H31NO5/c1-12(2)8-9-14(17(20)21)16(13(3)4)18(11-19)23-15-7-5-6-10-22-15/h11-16H,5-10H2,1-4H3,(H,20,21)/t14-,15?,16+/m1/s1. The van der Waals surface area contributed by atoms with Gasteiger partial charge in [0, 0.05) is 13.0 Å². The number of carbonyl (C=O) groups excluding carboxylic acids is 1. The molecule has 0 aromatic heterocycles. The molecule has 6 heteroatoms. The molecule has 6 nitrogen and oxygen atoms in total. The number of amides is 1. The van der Waals surface area contributed by atoms with Crippen LogP contribution in [0.1, 0.15) is 59.8 Å². The van der Waals surface area contributed by atoms with E-state index in [1.807, 2.05) is 13.8 Å². The van der Waals surface area contributed by atoms with Gasteiger partial charge in [0.15, 0.2) is 6.29 Å². The summed E-state index contributed by atoms with van der Waals surface area (Å²) in [5.41, 5.74) is 0. The fourth-order valence-corrected chi connectivity index (χ4v) is 2.98. The topological polar surface area (TPSA) is 76.1 Å². The highest BCUT2D eigenvalue weighted by Crippen LogP contribution is 2.27. The summed E-state index contributed by atoms with van der Waals surface area (Å²) < 4.78 is 5.51. The number of rotatable bonds is 10. The van der Waals surface area contributed by atoms with E-state index < -0.39 is 24.2 Å². The summed E-state index contributed by atoms with van der Waals surface area (Å²) in [4.78, 5) is 29.0. The molecule has 0 saturated carbocycles. The Morgan fingerprint density at radius 1 is 1.30 bits per heavy atom. The number of ether oxygens (including phenoxy) is 1. The highest BCUT2D eigenvalue weighted by atomic mass is 16.8. The Labute approximate surface area is 139 Å². The summed E-state index contributed by atoms with van der Waals surface area (Å²) in [7, 11) is 0. The molecule has 1 N–H and O–H groups in total. The largest absolute Gasteiger partial charge is 0.481 e. The fraction of sp³-hybridized carbons (Fsp3) is 0.882. The summed E-state index contributed by atoms with van der Waals surface area (Å²) in [5, 5.41) is 10.8. The average Bonchev–Trinajstić information content (AvgIpc) is 2.49. The van der Waals surface area contributed by atoms with E-state index in [2.05, 4.69) is 13.8 Å². The predicted molar refractivity (Wildman–Crippen MR) is 86.4 cm³/mol. The second-order valence-corrected chi connectivity index (χ2v) is 7.02. The first kappa shape index (κ1) is 19.9. The zero-order chi connectivity index (χ0) is 17.4. The van der Waals surface area contributed by atoms with Gasteiger partial charge in [0.1, 0.15) is 0 Å². The van der Waals surface area contributed by atoms with E-state index in [4.69, 9.17) is 9.57 Å². The summed E-state index contributed by atoms with van der Waals surface area (Å²) in [5.74, 6) is -1.15. The Kier molecular flexibility index (Phi) is 8.55. The maximum Gasteiger partial charge on any atom is 0.308 e. The van der Waals surface area contributed by atoms with Crippen LogP contribution in [0.2, 0.25) is 0 Å². The first-order valence-corrected chi connectivity index (χ1v) is 8.61. The molecule has 134 valence electrons. The van der Waals surface area contributed by atoms with Crippen molar-refractivity contribution in [2.45, 2.75) is 72.1 Å². The molecule has 3 atom stereocenters. The van der Waals surface area contributed by atoms with Crippen molar-refractivity contribution in [3.05, 3.63) is 0 Å². The van der Waals surface area contributed by atoms with Gasteiger partial charge < -0.3 is 9.84 Å². The lowest BCUT2D eigenvalue weighted by molar-refractivity contribution is -0.293. The number of carbonyl (C=O) groups is 2. The SMILES string of the molecule is CC(C)CC[C@@H](C(=O)O)[C@H](C(C)C)N(C=O)OC1CCCCO1. The van der Waals surface area contributed by atoms with Crippen LogP contribution in [-0.4, -0.2) is 41.5 Å². The third-order valence-corrected chi connectivity index (χ3v) is 4.24. The monoisotopic (exact) mass is 329 g/mol. The summed E-state index contributed by atoms with van der Waals surface area (Å²) in [6.45, 7) is 8.56. The Bertz CT molecular complexity index is 366. The molecule has 0 aliphatic carbocycles. The molecule has 0 spiro atoms. The normalized spacial score (nSPS) is 21.2. The minimum Gasteiger partial charge on any atom is -0.481 e. The fourth-order valence-electron chi connectivity index (χ4n) is 2.98. The smallest absolute Gasteiger partial charge is 0.308 e. The Balaban J connectivity index is 2.84. The minimum absolute atomic E-state index is 0.0305. The molecule has 1 fully saturated rings. The number of carboxylic acids is 1. The van der Waals surface area contributed by atoms with E-state index in [1.165, 1.54) is 5.06 Å². The molecule has 0 aromatic rings. The molecule has 0 radical (unpaired) electrons. The highest BCUT2D eigenvalue weighted by molar-refractivity contribution is 5.71. The van der Waals surface area contributed by atoms with Crippen molar-refractivity contribution in [2.75, 3.05) is 6.61 Å². The van der Waals surface area contributed by atoms with Crippen LogP contribution in [0.25, 0.3) is 0 Å². The zero-order valence-electron chi connectivity index (χ0n) is 14.7. The maximum absolute atomic E-state index is 11.7. The van der Waals surface area contributed by atoms with Gasteiger partial charge in [-0.25, -0.2) is 9.90 Å². The molecule has 1 unspecified atom stereocenters. The van der Waals surface area contributed by atoms with E-state index in [9.17, 15) is 14.7 Å². The van der Waals surface area contributed by atoms with Crippen LogP contribution in [0.3, 0.4) is 0 Å². The van der Waals surface area contributed by atoms with Crippen LogP contribution in [-0.2, 0) is 19.2 Å². The number of nitrogens with zero attached hydrogens (tertiary/aromatic N) is 1. The van der Waals surface area contributed by atoms with Crippen LogP contribution in [0.4, 0.5) is 0 Å². The number of carboxylic acid groups (broad SMARTS) is 1. The Morgan fingerprint density at radius 2 is 2.00 bits per heavy atom. The van der Waals surface area contributed by atoms with Gasteiger partial charge in [-0.2, -0.15) is 0 Å². The number of hydroxylamine groups is 2. The van der Waals surface area contributed by atoms with E-state index in [1.54, 1.807) is 0 Å². The molecule has 1 amide bonds. The molecule has 1 saturated heterocycles. The Hall–Kier alpha value is -1.14. The van der Waals surface area contributed by atoms with Gasteiger partial charge >= 0.3 is 5.97 Å². The lowest BCUT2D eigenvalue weighted by Gasteiger charge is -2.37. The number of hydrogen-bond acceptors (Lipinski definition) is 4. The van der Waals surface area contributed by atoms with E-state index >= 15 is 0 Å². The van der Waals surface area contributed by atoms with Crippen LogP contribution in [0, 0.1) is 17.8 Å². The van der Waals surface area contributed by atoms with Crippen molar-refractivity contribution in [1.82, 2.24) is 5.06 Å². The van der Waals surface area contributed by atoms with Gasteiger partial charge in [0.05, 0.1) is 12.0 Å². The van der Waals surface area contributed by atoms with Crippen molar-refractivity contribution in [3.8, 4) is 0 Å². The van der Waals surface area contributed by atoms with Gasteiger partial charge in [0.2, 0.25) is 6.41 Å². The molecule has 1 rings (SSSR count). The van der Waals surface area contributed by atoms with Crippen molar-refractivity contribution >= 4 is 12.4 Å². The third kappa shape index (κ3) is 6.47. The second kappa shape index (κ2) is 9.88. The van der Waals surface area contributed by atoms with Crippen LogP contribution in [0.5, 0.6) is 0 Å². The van der Waals surface area contributed by atoms with Gasteiger partial charge in [0.25, 0.3) is 0 Å². The van der Waals surface area contributed by atoms with Gasteiger partial charge in [-0.05, 0) is 31.1 Å². The molecule has 1 heterocycles. The van der Waals surface area contributed by atoms with Crippen molar-refractivity contribution < 1.29 is 24.3 Å². The molecular formula is C17H31NO5. The molecule has 0 aromatic carbocycles. The lowest BCUT2D eigenvalue weighted by atomic mass is 9.85. The molecular weight excluding hydrogens is 298 g/mol. The highest BCUT2D eigenvalue weighted by Gasteiger charge is 2.36. The summed E-state index contributed by atoms with van der Waals surface area (Å²) in [6.07, 6.45) is 4.14. The molecule has 1 aliphatic rings. The van der Waals surface area contributed by atoms with E-state index in [-0.39, 0.29) is 5.92 Å². The van der Waals surface area contributed by atoms with Gasteiger partial charge in [-0.3, -0.25) is 9.59 Å². The Morgan fingerprint density at radius 3 is 2.43 bits per heavy atom. The van der Waals surface area contributed by atoms with Crippen molar-refractivity contribution in [3.63, 3.8) is 0 Å². The maximum atomic E-state index is 11.7. The molecule has 1 aliphatic heterocycles. The van der Waals surface area contributed by atoms with Crippen molar-refractivity contribution in [2.24, 2.45) is 17.8 Å². The van der Waals surface area contributed by atoms with Crippen LogP contribution in [0.15, 0.2) is 0 Å². The number of hydrogen-bond donors (Lipinski definition) is 1. The van der Waals surface area contributed by atoms with Crippen LogP contribution < -0.4 is 0 Å². The second-order valence-electron chi connectivity index (χ2n) is 7.02. The van der Waals surface area contributed by atoms with E-state index in [0.717, 1.165) is 25.7 Å². The average molecular weight is 329 g/mol. The van der Waals surface area contributed by atoms with Gasteiger partial charge in [-0.1, -0.05) is 34.1 Å². The summed E-state index contributed by atoms with van der Waals surface area (Å²) >= 11 is 0. The van der Waals surface area contributed by atoms with Crippen LogP contribution >= 0.6 is 0 Å². The number of aliphatic carboxylic acids is 1. The zero-order valence-corrected chi connectivity index (χ0v) is 14.7. The molecule has 0 bridgehead atoms.